The minimum absolute atomic E-state index is 0.00736. The molecule has 21 heavy (non-hydrogen) atoms. The van der Waals surface area contributed by atoms with Gasteiger partial charge in [0.2, 0.25) is 0 Å². The van der Waals surface area contributed by atoms with E-state index in [-0.39, 0.29) is 23.1 Å². The predicted molar refractivity (Wildman–Crippen MR) is 67.5 cm³/mol. The fourth-order valence-corrected chi connectivity index (χ4v) is 2.24. The van der Waals surface area contributed by atoms with Crippen molar-refractivity contribution in [2.75, 3.05) is 5.33 Å². The SMILES string of the molecule is O=C(CBr)Cc1cc(OC(F)(F)F)cc(SC(F)(F)F)c1. The van der Waals surface area contributed by atoms with Crippen molar-refractivity contribution in [1.82, 2.24) is 0 Å². The van der Waals surface area contributed by atoms with Gasteiger partial charge in [-0.25, -0.2) is 0 Å². The van der Waals surface area contributed by atoms with Crippen molar-refractivity contribution in [3.8, 4) is 5.75 Å². The van der Waals surface area contributed by atoms with E-state index in [9.17, 15) is 31.1 Å². The van der Waals surface area contributed by atoms with E-state index in [0.29, 0.717) is 6.07 Å². The third kappa shape index (κ3) is 7.60. The first kappa shape index (κ1) is 18.1. The third-order valence-corrected chi connectivity index (χ3v) is 3.29. The maximum atomic E-state index is 12.3. The van der Waals surface area contributed by atoms with Crippen LogP contribution in [0.5, 0.6) is 5.75 Å². The number of benzene rings is 1. The van der Waals surface area contributed by atoms with Crippen molar-refractivity contribution in [3.63, 3.8) is 0 Å². The average molecular weight is 397 g/mol. The van der Waals surface area contributed by atoms with Gasteiger partial charge in [0.25, 0.3) is 0 Å². The first-order valence-corrected chi connectivity index (χ1v) is 7.15. The van der Waals surface area contributed by atoms with Crippen LogP contribution in [0.2, 0.25) is 0 Å². The highest BCUT2D eigenvalue weighted by Crippen LogP contribution is 2.39. The van der Waals surface area contributed by atoms with Crippen LogP contribution in [0.15, 0.2) is 23.1 Å². The molecule has 0 fully saturated rings. The molecule has 1 rings (SSSR count). The van der Waals surface area contributed by atoms with Gasteiger partial charge in [-0.05, 0) is 35.5 Å². The lowest BCUT2D eigenvalue weighted by Crippen LogP contribution is -2.17. The molecule has 0 radical (unpaired) electrons. The van der Waals surface area contributed by atoms with E-state index in [2.05, 4.69) is 20.7 Å². The monoisotopic (exact) mass is 396 g/mol. The summed E-state index contributed by atoms with van der Waals surface area (Å²) in [7, 11) is 0. The quantitative estimate of drug-likeness (QED) is 0.409. The van der Waals surface area contributed by atoms with Crippen LogP contribution in [0.25, 0.3) is 0 Å². The van der Waals surface area contributed by atoms with E-state index in [1.165, 1.54) is 0 Å². The summed E-state index contributed by atoms with van der Waals surface area (Å²) in [5.41, 5.74) is -4.65. The van der Waals surface area contributed by atoms with Crippen LogP contribution >= 0.6 is 27.7 Å². The van der Waals surface area contributed by atoms with Crippen LogP contribution in [-0.2, 0) is 11.2 Å². The summed E-state index contributed by atoms with van der Waals surface area (Å²) in [5.74, 6) is -1.18. The summed E-state index contributed by atoms with van der Waals surface area (Å²) >= 11 is 2.28. The van der Waals surface area contributed by atoms with Crippen LogP contribution in [-0.4, -0.2) is 23.0 Å². The Labute approximate surface area is 128 Å². The number of alkyl halides is 7. The number of ketones is 1. The van der Waals surface area contributed by atoms with Gasteiger partial charge in [-0.2, -0.15) is 13.2 Å². The van der Waals surface area contributed by atoms with Crippen molar-refractivity contribution in [3.05, 3.63) is 23.8 Å². The van der Waals surface area contributed by atoms with Crippen molar-refractivity contribution in [1.29, 1.82) is 0 Å². The Balaban J connectivity index is 3.10. The minimum atomic E-state index is -5.03. The number of hydrogen-bond acceptors (Lipinski definition) is 3. The molecule has 118 valence electrons. The van der Waals surface area contributed by atoms with Crippen molar-refractivity contribution < 1.29 is 35.9 Å². The van der Waals surface area contributed by atoms with Gasteiger partial charge in [0.1, 0.15) is 11.5 Å². The number of carbonyl (C=O) groups excluding carboxylic acids is 1. The Morgan fingerprint density at radius 1 is 1.14 bits per heavy atom. The van der Waals surface area contributed by atoms with Crippen LogP contribution in [0.1, 0.15) is 5.56 Å². The molecular weight excluding hydrogens is 390 g/mol. The number of ether oxygens (including phenoxy) is 1. The molecule has 0 saturated heterocycles. The zero-order valence-corrected chi connectivity index (χ0v) is 12.4. The van der Waals surface area contributed by atoms with Crippen molar-refractivity contribution in [2.24, 2.45) is 0 Å². The molecule has 10 heteroatoms. The van der Waals surface area contributed by atoms with Gasteiger partial charge < -0.3 is 4.74 Å². The number of halogens is 7. The fraction of sp³-hybridized carbons (Fsp3) is 0.364. The van der Waals surface area contributed by atoms with E-state index < -0.39 is 34.3 Å². The highest BCUT2D eigenvalue weighted by molar-refractivity contribution is 9.09. The molecule has 0 aliphatic heterocycles. The van der Waals surface area contributed by atoms with Crippen molar-refractivity contribution in [2.45, 2.75) is 23.2 Å². The van der Waals surface area contributed by atoms with Crippen LogP contribution in [0.4, 0.5) is 26.3 Å². The predicted octanol–water partition coefficient (Wildman–Crippen LogP) is 4.70. The van der Waals surface area contributed by atoms with Gasteiger partial charge in [0.05, 0.1) is 5.33 Å². The lowest BCUT2D eigenvalue weighted by Gasteiger charge is -2.13. The number of thioether (sulfide) groups is 1. The Morgan fingerprint density at radius 3 is 2.24 bits per heavy atom. The molecule has 0 aromatic heterocycles. The second kappa shape index (κ2) is 6.91. The van der Waals surface area contributed by atoms with Gasteiger partial charge in [0, 0.05) is 11.3 Å². The second-order valence-corrected chi connectivity index (χ2v) is 5.46. The van der Waals surface area contributed by atoms with Crippen LogP contribution in [0.3, 0.4) is 0 Å². The molecule has 1 aromatic carbocycles. The fourth-order valence-electron chi connectivity index (χ4n) is 1.39. The minimum Gasteiger partial charge on any atom is -0.406 e. The molecule has 0 spiro atoms. The van der Waals surface area contributed by atoms with Gasteiger partial charge in [0.15, 0.2) is 0 Å². The van der Waals surface area contributed by atoms with Gasteiger partial charge in [-0.1, -0.05) is 15.9 Å². The Hall–Kier alpha value is -0.900. The van der Waals surface area contributed by atoms with E-state index >= 15 is 0 Å². The molecule has 2 nitrogen and oxygen atoms in total. The van der Waals surface area contributed by atoms with Crippen LogP contribution in [0, 0.1) is 0 Å². The summed E-state index contributed by atoms with van der Waals surface area (Å²) in [5, 5.41) is -0.0564. The molecule has 0 unspecified atom stereocenters. The Bertz CT molecular complexity index is 480. The molecule has 0 aliphatic rings. The van der Waals surface area contributed by atoms with E-state index in [0.717, 1.165) is 12.1 Å². The Kier molecular flexibility index (Phi) is 5.97. The topological polar surface area (TPSA) is 26.3 Å². The Morgan fingerprint density at radius 2 is 1.76 bits per heavy atom. The third-order valence-electron chi connectivity index (χ3n) is 1.96. The maximum Gasteiger partial charge on any atom is 0.573 e. The first-order valence-electron chi connectivity index (χ1n) is 5.21. The molecule has 1 aromatic rings. The number of carbonyl (C=O) groups is 1. The van der Waals surface area contributed by atoms with E-state index in [1.54, 1.807) is 0 Å². The van der Waals surface area contributed by atoms with E-state index in [1.807, 2.05) is 0 Å². The average Bonchev–Trinajstić information content (AvgIpc) is 2.23. The number of Topliss-reactive ketones (excluding diaryl/α,β-unsaturated/α-hetero) is 1. The summed E-state index contributed by atoms with van der Waals surface area (Å²) < 4.78 is 76.9. The summed E-state index contributed by atoms with van der Waals surface area (Å²) in [6, 6.07) is 2.50. The standard InChI is InChI=1S/C11H7BrF6O2S/c12-5-7(19)1-6-2-8(20-10(13,14)15)4-9(3-6)21-11(16,17)18/h2-4H,1,5H2. The molecule has 0 aliphatic carbocycles. The molecule has 0 heterocycles. The summed E-state index contributed by atoms with van der Waals surface area (Å²) in [4.78, 5) is 10.8. The van der Waals surface area contributed by atoms with Gasteiger partial charge >= 0.3 is 11.9 Å². The molecule has 0 N–H and O–H groups in total. The summed E-state index contributed by atoms with van der Waals surface area (Å²) in [6.45, 7) is 0. The van der Waals surface area contributed by atoms with E-state index in [4.69, 9.17) is 0 Å². The van der Waals surface area contributed by atoms with Gasteiger partial charge in [-0.3, -0.25) is 4.79 Å². The summed E-state index contributed by atoms with van der Waals surface area (Å²) in [6.07, 6.45) is -5.33. The zero-order valence-electron chi connectivity index (χ0n) is 10.0. The first-order chi connectivity index (χ1) is 9.48. The molecular formula is C11H7BrF6O2S. The molecule has 0 saturated carbocycles. The van der Waals surface area contributed by atoms with Gasteiger partial charge in [-0.15, -0.1) is 13.2 Å². The number of hydrogen-bond donors (Lipinski definition) is 0. The lowest BCUT2D eigenvalue weighted by molar-refractivity contribution is -0.274. The second-order valence-electron chi connectivity index (χ2n) is 3.76. The lowest BCUT2D eigenvalue weighted by atomic mass is 10.1. The maximum absolute atomic E-state index is 12.3. The smallest absolute Gasteiger partial charge is 0.406 e. The highest BCUT2D eigenvalue weighted by Gasteiger charge is 2.33. The van der Waals surface area contributed by atoms with Crippen LogP contribution < -0.4 is 4.74 Å². The zero-order chi connectivity index (χ0) is 16.3. The molecule has 0 atom stereocenters. The normalized spacial score (nSPS) is 12.3. The molecule has 0 bridgehead atoms. The largest absolute Gasteiger partial charge is 0.573 e. The number of rotatable bonds is 5. The highest BCUT2D eigenvalue weighted by atomic mass is 79.9. The van der Waals surface area contributed by atoms with Crippen molar-refractivity contribution >= 4 is 33.5 Å². The molecule has 0 amide bonds.